The Labute approximate surface area is 170 Å². The Kier molecular flexibility index (Phi) is 6.27. The van der Waals surface area contributed by atoms with Crippen LogP contribution in [0.2, 0.25) is 5.02 Å². The number of amides is 1. The first-order valence-corrected chi connectivity index (χ1v) is 11.1. The summed E-state index contributed by atoms with van der Waals surface area (Å²) in [5.41, 5.74) is 0.891. The van der Waals surface area contributed by atoms with Crippen molar-refractivity contribution in [2.75, 3.05) is 5.32 Å². The van der Waals surface area contributed by atoms with Gasteiger partial charge in [0.15, 0.2) is 0 Å². The van der Waals surface area contributed by atoms with Crippen LogP contribution in [0.5, 0.6) is 5.75 Å². The van der Waals surface area contributed by atoms with E-state index in [1.165, 1.54) is 24.3 Å². The predicted molar refractivity (Wildman–Crippen MR) is 109 cm³/mol. The summed E-state index contributed by atoms with van der Waals surface area (Å²) in [6.07, 6.45) is 4.80. The third-order valence-electron chi connectivity index (χ3n) is 4.87. The number of carbonyl (C=O) groups is 1. The molecule has 0 radical (unpaired) electrons. The summed E-state index contributed by atoms with van der Waals surface area (Å²) in [5.74, 6) is -0.664. The number of carbonyl (C=O) groups excluding carboxylic acids is 1. The second-order valence-electron chi connectivity index (χ2n) is 7.05. The van der Waals surface area contributed by atoms with Crippen LogP contribution < -0.4 is 10.0 Å². The van der Waals surface area contributed by atoms with E-state index in [0.717, 1.165) is 32.1 Å². The smallest absolute Gasteiger partial charge is 0.255 e. The molecule has 0 unspecified atom stereocenters. The SMILES string of the molecule is Cc1ccc(C(=O)Nc2cc(Cl)ccc2O)cc1S(=O)(=O)NC1CCCCC1. The highest BCUT2D eigenvalue weighted by Crippen LogP contribution is 2.28. The monoisotopic (exact) mass is 422 g/mol. The number of anilines is 1. The molecule has 0 atom stereocenters. The van der Waals surface area contributed by atoms with E-state index in [-0.39, 0.29) is 27.9 Å². The average Bonchev–Trinajstić information content (AvgIpc) is 2.65. The minimum absolute atomic E-state index is 0.0703. The quantitative estimate of drug-likeness (QED) is 0.628. The van der Waals surface area contributed by atoms with E-state index in [0.29, 0.717) is 10.6 Å². The van der Waals surface area contributed by atoms with Crippen molar-refractivity contribution in [3.05, 3.63) is 52.5 Å². The van der Waals surface area contributed by atoms with Gasteiger partial charge < -0.3 is 10.4 Å². The van der Waals surface area contributed by atoms with Gasteiger partial charge in [-0.2, -0.15) is 0 Å². The number of aromatic hydroxyl groups is 1. The Morgan fingerprint density at radius 1 is 1.11 bits per heavy atom. The molecule has 8 heteroatoms. The fraction of sp³-hybridized carbons (Fsp3) is 0.350. The van der Waals surface area contributed by atoms with Crippen LogP contribution in [0.3, 0.4) is 0 Å². The number of phenolic OH excluding ortho intramolecular Hbond substituents is 1. The molecule has 1 aliphatic rings. The number of phenols is 1. The Bertz CT molecular complexity index is 986. The van der Waals surface area contributed by atoms with Gasteiger partial charge in [-0.3, -0.25) is 4.79 Å². The molecule has 150 valence electrons. The molecule has 0 bridgehead atoms. The molecule has 2 aromatic rings. The Morgan fingerprint density at radius 2 is 1.82 bits per heavy atom. The molecule has 1 fully saturated rings. The van der Waals surface area contributed by atoms with E-state index in [1.807, 2.05) is 0 Å². The Morgan fingerprint density at radius 3 is 2.54 bits per heavy atom. The fourth-order valence-electron chi connectivity index (χ4n) is 3.34. The topological polar surface area (TPSA) is 95.5 Å². The van der Waals surface area contributed by atoms with Crippen molar-refractivity contribution in [3.63, 3.8) is 0 Å². The van der Waals surface area contributed by atoms with Crippen molar-refractivity contribution >= 4 is 33.2 Å². The van der Waals surface area contributed by atoms with Gasteiger partial charge in [-0.15, -0.1) is 0 Å². The lowest BCUT2D eigenvalue weighted by Gasteiger charge is -2.23. The van der Waals surface area contributed by atoms with Gasteiger partial charge in [0.2, 0.25) is 10.0 Å². The van der Waals surface area contributed by atoms with Crippen LogP contribution in [0.15, 0.2) is 41.3 Å². The number of aryl methyl sites for hydroxylation is 1. The summed E-state index contributed by atoms with van der Waals surface area (Å²) in [5, 5.41) is 12.8. The molecule has 1 aliphatic carbocycles. The number of benzene rings is 2. The van der Waals surface area contributed by atoms with E-state index < -0.39 is 15.9 Å². The van der Waals surface area contributed by atoms with E-state index in [2.05, 4.69) is 10.0 Å². The summed E-state index contributed by atoms with van der Waals surface area (Å²) >= 11 is 5.89. The second kappa shape index (κ2) is 8.51. The van der Waals surface area contributed by atoms with Crippen LogP contribution in [0, 0.1) is 6.92 Å². The maximum Gasteiger partial charge on any atom is 0.255 e. The van der Waals surface area contributed by atoms with Gasteiger partial charge in [0.25, 0.3) is 5.91 Å². The Balaban J connectivity index is 1.84. The van der Waals surface area contributed by atoms with E-state index in [9.17, 15) is 18.3 Å². The molecule has 3 rings (SSSR count). The van der Waals surface area contributed by atoms with E-state index in [4.69, 9.17) is 11.6 Å². The molecule has 0 aliphatic heterocycles. The van der Waals surface area contributed by atoms with Gasteiger partial charge in [0.1, 0.15) is 5.75 Å². The normalized spacial score (nSPS) is 15.4. The van der Waals surface area contributed by atoms with Crippen LogP contribution in [0.1, 0.15) is 48.0 Å². The minimum atomic E-state index is -3.73. The highest BCUT2D eigenvalue weighted by atomic mass is 35.5. The number of sulfonamides is 1. The molecule has 0 spiro atoms. The molecule has 0 heterocycles. The number of hydrogen-bond donors (Lipinski definition) is 3. The summed E-state index contributed by atoms with van der Waals surface area (Å²) in [6, 6.07) is 8.73. The summed E-state index contributed by atoms with van der Waals surface area (Å²) < 4.78 is 28.5. The van der Waals surface area contributed by atoms with Crippen molar-refractivity contribution in [2.24, 2.45) is 0 Å². The molecule has 28 heavy (non-hydrogen) atoms. The lowest BCUT2D eigenvalue weighted by Crippen LogP contribution is -2.36. The molecule has 1 amide bonds. The third kappa shape index (κ3) is 4.84. The predicted octanol–water partition coefficient (Wildman–Crippen LogP) is 4.22. The zero-order chi connectivity index (χ0) is 20.3. The highest BCUT2D eigenvalue weighted by Gasteiger charge is 2.24. The van der Waals surface area contributed by atoms with Gasteiger partial charge in [0.05, 0.1) is 10.6 Å². The average molecular weight is 423 g/mol. The first kappa shape index (κ1) is 20.6. The zero-order valence-corrected chi connectivity index (χ0v) is 17.1. The van der Waals surface area contributed by atoms with Crippen LogP contribution in [0.4, 0.5) is 5.69 Å². The number of hydrogen-bond acceptors (Lipinski definition) is 4. The standard InChI is InChI=1S/C20H23ClN2O4S/c1-13-7-8-14(20(25)22-17-12-15(21)9-10-18(17)24)11-19(13)28(26,27)23-16-5-3-2-4-6-16/h7-12,16,23-24H,2-6H2,1H3,(H,22,25). The van der Waals surface area contributed by atoms with Gasteiger partial charge in [0, 0.05) is 16.6 Å². The van der Waals surface area contributed by atoms with Crippen molar-refractivity contribution in [1.29, 1.82) is 0 Å². The lowest BCUT2D eigenvalue weighted by molar-refractivity contribution is 0.102. The molecular formula is C20H23ClN2O4S. The largest absolute Gasteiger partial charge is 0.506 e. The zero-order valence-electron chi connectivity index (χ0n) is 15.5. The van der Waals surface area contributed by atoms with Crippen molar-refractivity contribution in [1.82, 2.24) is 4.72 Å². The number of rotatable bonds is 5. The lowest BCUT2D eigenvalue weighted by atomic mass is 9.96. The highest BCUT2D eigenvalue weighted by molar-refractivity contribution is 7.89. The van der Waals surface area contributed by atoms with E-state index in [1.54, 1.807) is 19.1 Å². The van der Waals surface area contributed by atoms with E-state index >= 15 is 0 Å². The van der Waals surface area contributed by atoms with Crippen LogP contribution in [-0.2, 0) is 10.0 Å². The maximum absolute atomic E-state index is 12.9. The van der Waals surface area contributed by atoms with Gasteiger partial charge >= 0.3 is 0 Å². The molecule has 1 saturated carbocycles. The molecule has 2 aromatic carbocycles. The first-order chi connectivity index (χ1) is 13.3. The molecule has 0 aromatic heterocycles. The fourth-order valence-corrected chi connectivity index (χ4v) is 5.08. The molecule has 6 nitrogen and oxygen atoms in total. The maximum atomic E-state index is 12.9. The van der Waals surface area contributed by atoms with Crippen molar-refractivity contribution in [3.8, 4) is 5.75 Å². The minimum Gasteiger partial charge on any atom is -0.506 e. The van der Waals surface area contributed by atoms with Crippen LogP contribution in [-0.4, -0.2) is 25.5 Å². The second-order valence-corrected chi connectivity index (χ2v) is 9.17. The van der Waals surface area contributed by atoms with Gasteiger partial charge in [-0.1, -0.05) is 36.9 Å². The van der Waals surface area contributed by atoms with Crippen molar-refractivity contribution in [2.45, 2.75) is 50.0 Å². The van der Waals surface area contributed by atoms with Gasteiger partial charge in [-0.25, -0.2) is 13.1 Å². The van der Waals surface area contributed by atoms with Crippen LogP contribution in [0.25, 0.3) is 0 Å². The Hall–Kier alpha value is -2.09. The number of halogens is 1. The third-order valence-corrected chi connectivity index (χ3v) is 6.77. The van der Waals surface area contributed by atoms with Crippen molar-refractivity contribution < 1.29 is 18.3 Å². The first-order valence-electron chi connectivity index (χ1n) is 9.19. The molecule has 3 N–H and O–H groups in total. The molecular weight excluding hydrogens is 400 g/mol. The summed E-state index contributed by atoms with van der Waals surface area (Å²) in [6.45, 7) is 1.69. The summed E-state index contributed by atoms with van der Waals surface area (Å²) in [4.78, 5) is 12.7. The van der Waals surface area contributed by atoms with Gasteiger partial charge in [-0.05, 0) is 55.7 Å². The number of nitrogens with one attached hydrogen (secondary N) is 2. The summed E-state index contributed by atoms with van der Waals surface area (Å²) in [7, 11) is -3.73. The molecule has 0 saturated heterocycles. The van der Waals surface area contributed by atoms with Crippen LogP contribution >= 0.6 is 11.6 Å².